The molecular weight excluding hydrogens is 264 g/mol. The molecule has 2 aromatic rings. The summed E-state index contributed by atoms with van der Waals surface area (Å²) in [6.07, 6.45) is 7.25. The van der Waals surface area contributed by atoms with Crippen LogP contribution >= 0.6 is 23.8 Å². The molecule has 0 atom stereocenters. The highest BCUT2D eigenvalue weighted by Gasteiger charge is 2.08. The maximum atomic E-state index is 6.05. The number of allylic oxidation sites excluding steroid dienone is 2. The molecule has 0 saturated carbocycles. The third kappa shape index (κ3) is 2.25. The van der Waals surface area contributed by atoms with E-state index >= 15 is 0 Å². The van der Waals surface area contributed by atoms with Gasteiger partial charge in [0.2, 0.25) is 0 Å². The number of aryl methyl sites for hydroxylation is 1. The van der Waals surface area contributed by atoms with Crippen LogP contribution in [0.1, 0.15) is 25.7 Å². The number of benzene rings is 1. The lowest BCUT2D eigenvalue weighted by Gasteiger charge is -2.05. The van der Waals surface area contributed by atoms with E-state index in [4.69, 9.17) is 23.8 Å². The fourth-order valence-electron chi connectivity index (χ4n) is 2.57. The highest BCUT2D eigenvalue weighted by Crippen LogP contribution is 2.24. The van der Waals surface area contributed by atoms with Gasteiger partial charge in [-0.3, -0.25) is 0 Å². The Hall–Kier alpha value is -1.06. The number of aromatic nitrogens is 2. The molecule has 1 N–H and O–H groups in total. The Morgan fingerprint density at radius 3 is 3.06 bits per heavy atom. The third-order valence-electron chi connectivity index (χ3n) is 3.53. The van der Waals surface area contributed by atoms with E-state index in [0.717, 1.165) is 33.8 Å². The Morgan fingerprint density at radius 1 is 1.39 bits per heavy atom. The molecule has 1 aromatic heterocycles. The van der Waals surface area contributed by atoms with Crippen molar-refractivity contribution in [3.8, 4) is 0 Å². The predicted molar refractivity (Wildman–Crippen MR) is 78.7 cm³/mol. The van der Waals surface area contributed by atoms with Gasteiger partial charge in [-0.25, -0.2) is 0 Å². The predicted octanol–water partition coefficient (Wildman–Crippen LogP) is 4.85. The van der Waals surface area contributed by atoms with Crippen molar-refractivity contribution in [3.05, 3.63) is 39.6 Å². The lowest BCUT2D eigenvalue weighted by atomic mass is 10.1. The van der Waals surface area contributed by atoms with Gasteiger partial charge < -0.3 is 9.55 Å². The molecule has 18 heavy (non-hydrogen) atoms. The van der Waals surface area contributed by atoms with Gasteiger partial charge in [0.25, 0.3) is 0 Å². The van der Waals surface area contributed by atoms with Gasteiger partial charge in [0, 0.05) is 11.6 Å². The molecule has 2 nitrogen and oxygen atoms in total. The molecule has 0 unspecified atom stereocenters. The zero-order chi connectivity index (χ0) is 12.5. The molecule has 0 radical (unpaired) electrons. The summed E-state index contributed by atoms with van der Waals surface area (Å²) in [5, 5.41) is 0.755. The second kappa shape index (κ2) is 4.90. The van der Waals surface area contributed by atoms with E-state index in [1.54, 1.807) is 5.57 Å². The van der Waals surface area contributed by atoms with Gasteiger partial charge >= 0.3 is 0 Å². The molecule has 1 aromatic carbocycles. The zero-order valence-electron chi connectivity index (χ0n) is 10.1. The van der Waals surface area contributed by atoms with Gasteiger partial charge in [0.05, 0.1) is 11.0 Å². The molecule has 0 bridgehead atoms. The summed E-state index contributed by atoms with van der Waals surface area (Å²) < 4.78 is 2.93. The molecule has 4 heteroatoms. The van der Waals surface area contributed by atoms with Crippen molar-refractivity contribution in [1.29, 1.82) is 0 Å². The number of nitrogens with zero attached hydrogens (tertiary/aromatic N) is 1. The summed E-state index contributed by atoms with van der Waals surface area (Å²) in [6.45, 7) is 0.936. The van der Waals surface area contributed by atoms with Gasteiger partial charge in [-0.1, -0.05) is 23.3 Å². The van der Waals surface area contributed by atoms with Crippen molar-refractivity contribution in [2.75, 3.05) is 0 Å². The number of hydrogen-bond donors (Lipinski definition) is 1. The number of fused-ring (bicyclic) bond motifs is 1. The summed E-state index contributed by atoms with van der Waals surface area (Å²) in [5.41, 5.74) is 3.73. The number of aromatic amines is 1. The minimum atomic E-state index is 0.755. The van der Waals surface area contributed by atoms with Crippen LogP contribution in [-0.4, -0.2) is 9.55 Å². The quantitative estimate of drug-likeness (QED) is 0.628. The van der Waals surface area contributed by atoms with Crippen LogP contribution in [0.5, 0.6) is 0 Å². The zero-order valence-corrected chi connectivity index (χ0v) is 11.7. The molecule has 0 fully saturated rings. The number of rotatable bonds is 3. The lowest BCUT2D eigenvalue weighted by molar-refractivity contribution is 0.688. The van der Waals surface area contributed by atoms with Crippen molar-refractivity contribution in [2.24, 2.45) is 0 Å². The highest BCUT2D eigenvalue weighted by molar-refractivity contribution is 7.71. The normalized spacial score (nSPS) is 15.3. The monoisotopic (exact) mass is 278 g/mol. The minimum Gasteiger partial charge on any atom is -0.331 e. The minimum absolute atomic E-state index is 0.755. The van der Waals surface area contributed by atoms with Gasteiger partial charge in [0.15, 0.2) is 4.77 Å². The molecule has 0 spiro atoms. The molecule has 0 amide bonds. The van der Waals surface area contributed by atoms with Crippen LogP contribution in [0.15, 0.2) is 29.8 Å². The van der Waals surface area contributed by atoms with Gasteiger partial charge in [-0.15, -0.1) is 0 Å². The van der Waals surface area contributed by atoms with Crippen molar-refractivity contribution >= 4 is 34.9 Å². The Labute approximate surface area is 116 Å². The Balaban J connectivity index is 1.92. The van der Waals surface area contributed by atoms with E-state index < -0.39 is 0 Å². The molecule has 1 aliphatic carbocycles. The number of imidazole rings is 1. The first-order chi connectivity index (χ1) is 8.74. The molecule has 3 rings (SSSR count). The van der Waals surface area contributed by atoms with Crippen LogP contribution in [-0.2, 0) is 6.54 Å². The molecule has 1 heterocycles. The number of nitrogens with one attached hydrogen (secondary N) is 1. The Bertz CT molecular complexity index is 666. The van der Waals surface area contributed by atoms with E-state index in [9.17, 15) is 0 Å². The van der Waals surface area contributed by atoms with Crippen LogP contribution in [0.2, 0.25) is 5.02 Å². The summed E-state index contributed by atoms with van der Waals surface area (Å²) in [4.78, 5) is 3.23. The van der Waals surface area contributed by atoms with E-state index in [-0.39, 0.29) is 0 Å². The van der Waals surface area contributed by atoms with Crippen LogP contribution in [0.25, 0.3) is 11.0 Å². The summed E-state index contributed by atoms with van der Waals surface area (Å²) in [6, 6.07) is 5.85. The second-order valence-electron chi connectivity index (χ2n) is 4.75. The van der Waals surface area contributed by atoms with E-state index in [2.05, 4.69) is 15.6 Å². The summed E-state index contributed by atoms with van der Waals surface area (Å²) >= 11 is 11.4. The van der Waals surface area contributed by atoms with Crippen LogP contribution in [0, 0.1) is 4.77 Å². The maximum absolute atomic E-state index is 6.05. The summed E-state index contributed by atoms with van der Waals surface area (Å²) in [7, 11) is 0. The summed E-state index contributed by atoms with van der Waals surface area (Å²) in [5.74, 6) is 0. The van der Waals surface area contributed by atoms with Gasteiger partial charge in [-0.2, -0.15) is 0 Å². The fourth-order valence-corrected chi connectivity index (χ4v) is 3.03. The van der Waals surface area contributed by atoms with Crippen LogP contribution < -0.4 is 0 Å². The van der Waals surface area contributed by atoms with E-state index in [1.807, 2.05) is 18.2 Å². The first kappa shape index (κ1) is 12.0. The second-order valence-corrected chi connectivity index (χ2v) is 5.57. The number of H-pyrrole nitrogens is 1. The largest absolute Gasteiger partial charge is 0.331 e. The topological polar surface area (TPSA) is 20.7 Å². The van der Waals surface area contributed by atoms with Gasteiger partial charge in [-0.05, 0) is 56.1 Å². The van der Waals surface area contributed by atoms with Gasteiger partial charge in [0.1, 0.15) is 0 Å². The highest BCUT2D eigenvalue weighted by atomic mass is 35.5. The van der Waals surface area contributed by atoms with E-state index in [1.165, 1.54) is 19.3 Å². The molecule has 94 valence electrons. The average molecular weight is 279 g/mol. The molecule has 1 aliphatic rings. The molecule has 0 saturated heterocycles. The van der Waals surface area contributed by atoms with Crippen molar-refractivity contribution in [2.45, 2.75) is 32.2 Å². The first-order valence-electron chi connectivity index (χ1n) is 6.30. The van der Waals surface area contributed by atoms with Crippen molar-refractivity contribution in [1.82, 2.24) is 9.55 Å². The van der Waals surface area contributed by atoms with Crippen molar-refractivity contribution in [3.63, 3.8) is 0 Å². The fraction of sp³-hybridized carbons (Fsp3) is 0.357. The maximum Gasteiger partial charge on any atom is 0.178 e. The third-order valence-corrected chi connectivity index (χ3v) is 4.09. The Kier molecular flexibility index (Phi) is 3.27. The standard InChI is InChI=1S/C14H15ClN2S/c15-11-5-6-12-13(9-11)17(14(18)16-12)8-7-10-3-1-2-4-10/h3,5-6,9H,1-2,4,7-8H2,(H,16,18). The smallest absolute Gasteiger partial charge is 0.178 e. The first-order valence-corrected chi connectivity index (χ1v) is 7.08. The van der Waals surface area contributed by atoms with Crippen LogP contribution in [0.4, 0.5) is 0 Å². The lowest BCUT2D eigenvalue weighted by Crippen LogP contribution is -1.98. The van der Waals surface area contributed by atoms with Crippen molar-refractivity contribution < 1.29 is 0 Å². The average Bonchev–Trinajstić information content (AvgIpc) is 2.94. The number of halogens is 1. The molecule has 0 aliphatic heterocycles. The Morgan fingerprint density at radius 2 is 2.28 bits per heavy atom. The van der Waals surface area contributed by atoms with Crippen LogP contribution in [0.3, 0.4) is 0 Å². The number of hydrogen-bond acceptors (Lipinski definition) is 1. The molecular formula is C14H15ClN2S. The SMILES string of the molecule is S=c1[nH]c2ccc(Cl)cc2n1CCC1=CCCC1. The van der Waals surface area contributed by atoms with E-state index in [0.29, 0.717) is 0 Å².